The van der Waals surface area contributed by atoms with E-state index in [9.17, 15) is 9.18 Å². The molecule has 0 saturated heterocycles. The van der Waals surface area contributed by atoms with Gasteiger partial charge in [0.05, 0.1) is 5.56 Å². The Bertz CT molecular complexity index is 613. The van der Waals surface area contributed by atoms with Crippen LogP contribution in [0.1, 0.15) is 10.4 Å². The van der Waals surface area contributed by atoms with Gasteiger partial charge < -0.3 is 10.6 Å². The maximum absolute atomic E-state index is 13.0. The molecule has 0 unspecified atom stereocenters. The number of halogens is 1. The highest BCUT2D eigenvalue weighted by Crippen LogP contribution is 2.13. The lowest BCUT2D eigenvalue weighted by Gasteiger charge is -2.05. The van der Waals surface area contributed by atoms with Crippen molar-refractivity contribution in [3.05, 3.63) is 60.7 Å². The predicted molar refractivity (Wildman–Crippen MR) is 74.2 cm³/mol. The summed E-state index contributed by atoms with van der Waals surface area (Å²) in [7, 11) is 0. The minimum Gasteiger partial charge on any atom is -0.348 e. The van der Waals surface area contributed by atoms with E-state index in [0.29, 0.717) is 17.8 Å². The van der Waals surface area contributed by atoms with Crippen molar-refractivity contribution in [2.24, 2.45) is 0 Å². The Kier molecular flexibility index (Phi) is 4.39. The minimum atomic E-state index is -0.351. The molecule has 0 atom stereocenters. The Morgan fingerprint density at radius 3 is 2.75 bits per heavy atom. The molecule has 2 aromatic rings. The molecule has 5 nitrogen and oxygen atoms in total. The molecule has 0 aliphatic carbocycles. The first-order chi connectivity index (χ1) is 9.69. The molecule has 0 aliphatic heterocycles. The summed E-state index contributed by atoms with van der Waals surface area (Å²) in [4.78, 5) is 19.6. The largest absolute Gasteiger partial charge is 0.348 e. The third kappa shape index (κ3) is 3.61. The average molecular weight is 272 g/mol. The number of hydrogen-bond acceptors (Lipinski definition) is 4. The van der Waals surface area contributed by atoms with Crippen LogP contribution in [0.25, 0.3) is 0 Å². The third-order valence-electron chi connectivity index (χ3n) is 2.40. The lowest BCUT2D eigenvalue weighted by atomic mass is 10.3. The summed E-state index contributed by atoms with van der Waals surface area (Å²) >= 11 is 0. The average Bonchev–Trinajstić information content (AvgIpc) is 2.45. The number of carbonyl (C=O) groups excluding carboxylic acids is 1. The second-order valence-electron chi connectivity index (χ2n) is 3.93. The SMILES string of the molecule is C=CCNC(=O)c1cnc(Nc2cccc(F)c2)nc1. The van der Waals surface area contributed by atoms with Crippen molar-refractivity contribution in [2.45, 2.75) is 0 Å². The van der Waals surface area contributed by atoms with E-state index in [2.05, 4.69) is 27.2 Å². The minimum absolute atomic E-state index is 0.276. The second-order valence-corrected chi connectivity index (χ2v) is 3.93. The van der Waals surface area contributed by atoms with Gasteiger partial charge in [0.2, 0.25) is 5.95 Å². The maximum Gasteiger partial charge on any atom is 0.254 e. The van der Waals surface area contributed by atoms with Crippen LogP contribution in [-0.2, 0) is 0 Å². The highest BCUT2D eigenvalue weighted by Gasteiger charge is 2.06. The number of nitrogens with one attached hydrogen (secondary N) is 2. The molecule has 1 amide bonds. The van der Waals surface area contributed by atoms with Gasteiger partial charge in [0, 0.05) is 24.6 Å². The quantitative estimate of drug-likeness (QED) is 0.819. The predicted octanol–water partition coefficient (Wildman–Crippen LogP) is 2.28. The van der Waals surface area contributed by atoms with Gasteiger partial charge in [0.25, 0.3) is 5.91 Å². The zero-order chi connectivity index (χ0) is 14.4. The number of nitrogens with zero attached hydrogens (tertiary/aromatic N) is 2. The number of benzene rings is 1. The van der Waals surface area contributed by atoms with Gasteiger partial charge in [-0.15, -0.1) is 6.58 Å². The molecule has 0 saturated carbocycles. The Hall–Kier alpha value is -2.76. The molecule has 0 bridgehead atoms. The fraction of sp³-hybridized carbons (Fsp3) is 0.0714. The van der Waals surface area contributed by atoms with E-state index in [1.807, 2.05) is 0 Å². The molecule has 0 radical (unpaired) electrons. The normalized spacial score (nSPS) is 9.85. The van der Waals surface area contributed by atoms with Gasteiger partial charge >= 0.3 is 0 Å². The van der Waals surface area contributed by atoms with Gasteiger partial charge in [0.1, 0.15) is 5.82 Å². The van der Waals surface area contributed by atoms with Crippen molar-refractivity contribution in [1.29, 1.82) is 0 Å². The molecule has 2 rings (SSSR count). The molecule has 0 fully saturated rings. The van der Waals surface area contributed by atoms with E-state index in [-0.39, 0.29) is 17.7 Å². The number of hydrogen-bond donors (Lipinski definition) is 2. The second kappa shape index (κ2) is 6.42. The van der Waals surface area contributed by atoms with E-state index in [1.165, 1.54) is 24.5 Å². The summed E-state index contributed by atoms with van der Waals surface area (Å²) < 4.78 is 13.0. The van der Waals surface area contributed by atoms with Crippen LogP contribution in [0.15, 0.2) is 49.3 Å². The maximum atomic E-state index is 13.0. The molecule has 20 heavy (non-hydrogen) atoms. The van der Waals surface area contributed by atoms with Crippen molar-refractivity contribution in [3.63, 3.8) is 0 Å². The molecule has 2 N–H and O–H groups in total. The zero-order valence-corrected chi connectivity index (χ0v) is 10.6. The number of aromatic nitrogens is 2. The molecule has 1 heterocycles. The van der Waals surface area contributed by atoms with Crippen molar-refractivity contribution in [2.75, 3.05) is 11.9 Å². The van der Waals surface area contributed by atoms with E-state index in [1.54, 1.807) is 18.2 Å². The Labute approximate surface area is 115 Å². The monoisotopic (exact) mass is 272 g/mol. The first kappa shape index (κ1) is 13.7. The number of rotatable bonds is 5. The van der Waals surface area contributed by atoms with Gasteiger partial charge in [-0.3, -0.25) is 4.79 Å². The highest BCUT2D eigenvalue weighted by molar-refractivity contribution is 5.93. The third-order valence-corrected chi connectivity index (χ3v) is 2.40. The highest BCUT2D eigenvalue weighted by atomic mass is 19.1. The van der Waals surface area contributed by atoms with Crippen molar-refractivity contribution < 1.29 is 9.18 Å². The smallest absolute Gasteiger partial charge is 0.254 e. The fourth-order valence-electron chi connectivity index (χ4n) is 1.47. The lowest BCUT2D eigenvalue weighted by Crippen LogP contribution is -2.23. The van der Waals surface area contributed by atoms with Crippen LogP contribution in [-0.4, -0.2) is 22.4 Å². The molecule has 6 heteroatoms. The summed E-state index contributed by atoms with van der Waals surface area (Å²) in [5.74, 6) is -0.339. The zero-order valence-electron chi connectivity index (χ0n) is 10.6. The van der Waals surface area contributed by atoms with Crippen LogP contribution in [0.3, 0.4) is 0 Å². The summed E-state index contributed by atoms with van der Waals surface area (Å²) in [6, 6.07) is 5.94. The summed E-state index contributed by atoms with van der Waals surface area (Å²) in [5.41, 5.74) is 0.880. The van der Waals surface area contributed by atoms with Crippen molar-refractivity contribution in [1.82, 2.24) is 15.3 Å². The Morgan fingerprint density at radius 1 is 1.35 bits per heavy atom. The first-order valence-corrected chi connectivity index (χ1v) is 5.93. The van der Waals surface area contributed by atoms with Crippen LogP contribution < -0.4 is 10.6 Å². The van der Waals surface area contributed by atoms with E-state index in [4.69, 9.17) is 0 Å². The van der Waals surface area contributed by atoms with E-state index < -0.39 is 0 Å². The van der Waals surface area contributed by atoms with Crippen LogP contribution in [0, 0.1) is 5.82 Å². The molecule has 1 aromatic carbocycles. The van der Waals surface area contributed by atoms with E-state index >= 15 is 0 Å². The van der Waals surface area contributed by atoms with Crippen molar-refractivity contribution >= 4 is 17.5 Å². The van der Waals surface area contributed by atoms with E-state index in [0.717, 1.165) is 0 Å². The number of amides is 1. The Morgan fingerprint density at radius 2 is 2.10 bits per heavy atom. The summed E-state index contributed by atoms with van der Waals surface area (Å²) in [6.07, 6.45) is 4.37. The molecule has 0 spiro atoms. The van der Waals surface area contributed by atoms with Gasteiger partial charge in [-0.1, -0.05) is 12.1 Å². The van der Waals surface area contributed by atoms with Gasteiger partial charge in [-0.05, 0) is 18.2 Å². The van der Waals surface area contributed by atoms with Crippen LogP contribution in [0.5, 0.6) is 0 Å². The van der Waals surface area contributed by atoms with Crippen LogP contribution >= 0.6 is 0 Å². The molecule has 1 aromatic heterocycles. The van der Waals surface area contributed by atoms with Crippen molar-refractivity contribution in [3.8, 4) is 0 Å². The standard InChI is InChI=1S/C14H13FN4O/c1-2-6-16-13(20)10-8-17-14(18-9-10)19-12-5-3-4-11(15)7-12/h2-5,7-9H,1,6H2,(H,16,20)(H,17,18,19). The van der Waals surface area contributed by atoms with Gasteiger partial charge in [-0.25, -0.2) is 14.4 Å². The Balaban J connectivity index is 2.04. The van der Waals surface area contributed by atoms with Crippen LogP contribution in [0.2, 0.25) is 0 Å². The lowest BCUT2D eigenvalue weighted by molar-refractivity contribution is 0.0957. The van der Waals surface area contributed by atoms with Crippen LogP contribution in [0.4, 0.5) is 16.0 Å². The van der Waals surface area contributed by atoms with Gasteiger partial charge in [-0.2, -0.15) is 0 Å². The van der Waals surface area contributed by atoms with Gasteiger partial charge in [0.15, 0.2) is 0 Å². The fourth-order valence-corrected chi connectivity index (χ4v) is 1.47. The molecular weight excluding hydrogens is 259 g/mol. The summed E-state index contributed by atoms with van der Waals surface area (Å²) in [6.45, 7) is 3.88. The molecule has 102 valence electrons. The summed E-state index contributed by atoms with van der Waals surface area (Å²) in [5, 5.41) is 5.46. The molecular formula is C14H13FN4O. The molecule has 0 aliphatic rings. The number of anilines is 2. The first-order valence-electron chi connectivity index (χ1n) is 5.93. The number of carbonyl (C=O) groups is 1. The topological polar surface area (TPSA) is 66.9 Å².